The highest BCUT2D eigenvalue weighted by Crippen LogP contribution is 2.67. The fraction of sp³-hybridized carbons (Fsp3) is 0.514. The van der Waals surface area contributed by atoms with Crippen molar-refractivity contribution < 1.29 is 18.7 Å². The number of hydrogen-bond acceptors (Lipinski definition) is 3. The van der Waals surface area contributed by atoms with Gasteiger partial charge in [0.15, 0.2) is 11.5 Å². The molecule has 1 saturated heterocycles. The Morgan fingerprint density at radius 2 is 1.68 bits per heavy atom. The number of likely N-dealkylation sites (N-methyl/N-ethyl adjacent to an activating group) is 1. The van der Waals surface area contributed by atoms with Crippen LogP contribution in [-0.2, 0) is 29.6 Å². The van der Waals surface area contributed by atoms with Crippen LogP contribution in [0.2, 0.25) is 0 Å². The summed E-state index contributed by atoms with van der Waals surface area (Å²) in [5.41, 5.74) is 5.29. The molecular weight excluding hydrogens is 506 g/mol. The predicted molar refractivity (Wildman–Crippen MR) is 161 cm³/mol. The minimum atomic E-state index is -0.176. The maximum atomic E-state index is 7.44. The number of aryl methyl sites for hydroxylation is 1. The van der Waals surface area contributed by atoms with E-state index in [0.29, 0.717) is 12.6 Å². The number of piperidine rings is 1. The van der Waals surface area contributed by atoms with Crippen molar-refractivity contribution in [1.29, 1.82) is 0 Å². The van der Waals surface area contributed by atoms with E-state index < -0.39 is 0 Å². The Labute approximate surface area is 245 Å². The highest BCUT2D eigenvalue weighted by molar-refractivity contribution is 5.62. The summed E-state index contributed by atoms with van der Waals surface area (Å²) in [4.78, 5) is 0. The van der Waals surface area contributed by atoms with Crippen molar-refractivity contribution in [3.63, 3.8) is 0 Å². The number of quaternary nitrogens is 1. The summed E-state index contributed by atoms with van der Waals surface area (Å²) < 4.78 is 22.2. The number of benzene rings is 3. The zero-order valence-electron chi connectivity index (χ0n) is 24.5. The number of rotatable bonds is 10. The maximum Gasteiger partial charge on any atom is 0.165 e. The first kappa shape index (κ1) is 25.9. The van der Waals surface area contributed by atoms with Crippen LogP contribution in [0.25, 0.3) is 0 Å². The molecule has 2 bridgehead atoms. The van der Waals surface area contributed by atoms with E-state index in [1.165, 1.54) is 59.1 Å². The first-order chi connectivity index (χ1) is 20.1. The van der Waals surface area contributed by atoms with Gasteiger partial charge in [0.05, 0.1) is 25.6 Å². The zero-order chi connectivity index (χ0) is 27.5. The van der Waals surface area contributed by atoms with E-state index in [9.17, 15) is 0 Å². The Balaban J connectivity index is 1.17. The molecule has 3 fully saturated rings. The summed E-state index contributed by atoms with van der Waals surface area (Å²) in [5.74, 6) is 2.84. The van der Waals surface area contributed by atoms with E-state index in [1.54, 1.807) is 0 Å². The summed E-state index contributed by atoms with van der Waals surface area (Å²) in [5, 5.41) is 0. The van der Waals surface area contributed by atoms with E-state index in [1.807, 2.05) is 0 Å². The molecule has 8 rings (SSSR count). The Morgan fingerprint density at radius 3 is 2.46 bits per heavy atom. The van der Waals surface area contributed by atoms with Gasteiger partial charge in [-0.05, 0) is 67.7 Å². The van der Waals surface area contributed by atoms with Crippen molar-refractivity contribution in [1.82, 2.24) is 0 Å². The van der Waals surface area contributed by atoms with E-state index in [0.717, 1.165) is 62.5 Å². The average Bonchev–Trinajstić information content (AvgIpc) is 3.74. The molecule has 1 spiro atoms. The highest BCUT2D eigenvalue weighted by atomic mass is 16.5. The van der Waals surface area contributed by atoms with Gasteiger partial charge in [0.25, 0.3) is 0 Å². The molecule has 0 N–H and O–H groups in total. The van der Waals surface area contributed by atoms with Crippen molar-refractivity contribution in [2.45, 2.75) is 87.6 Å². The fourth-order valence-electron chi connectivity index (χ4n) is 9.42. The number of likely N-dealkylation sites (tertiary alicyclic amines) is 1. The van der Waals surface area contributed by atoms with Crippen molar-refractivity contribution in [3.8, 4) is 11.5 Å². The molecule has 2 saturated carbocycles. The SMILES string of the molecule is C[N+]1(CC2CC2)CC[C@]23c4c5ccc(OCc6ccccc6)c4O[C@H]2CCC[C@@]3(OCCCc2ccccc2)[C@H]1C5. The molecule has 2 heterocycles. The van der Waals surface area contributed by atoms with Gasteiger partial charge in [-0.15, -0.1) is 0 Å². The van der Waals surface area contributed by atoms with E-state index >= 15 is 0 Å². The van der Waals surface area contributed by atoms with Crippen molar-refractivity contribution in [2.24, 2.45) is 5.92 Å². The molecule has 0 radical (unpaired) electrons. The predicted octanol–water partition coefficient (Wildman–Crippen LogP) is 7.02. The normalized spacial score (nSPS) is 32.7. The molecule has 3 aromatic carbocycles. The summed E-state index contributed by atoms with van der Waals surface area (Å²) in [6.07, 6.45) is 10.8. The van der Waals surface area contributed by atoms with Crippen molar-refractivity contribution in [2.75, 3.05) is 26.7 Å². The largest absolute Gasteiger partial charge is 0.485 e. The van der Waals surface area contributed by atoms with Gasteiger partial charge < -0.3 is 18.7 Å². The van der Waals surface area contributed by atoms with Crippen LogP contribution in [0.4, 0.5) is 0 Å². The lowest BCUT2D eigenvalue weighted by atomic mass is 9.48. The lowest BCUT2D eigenvalue weighted by molar-refractivity contribution is -0.951. The Bertz CT molecular complexity index is 1400. The van der Waals surface area contributed by atoms with E-state index in [-0.39, 0.29) is 17.1 Å². The third-order valence-electron chi connectivity index (χ3n) is 11.4. The first-order valence-electron chi connectivity index (χ1n) is 16.1. The number of nitrogens with zero attached hydrogens (tertiary/aromatic N) is 1. The second-order valence-electron chi connectivity index (χ2n) is 13.8. The third-order valence-corrected chi connectivity index (χ3v) is 11.4. The molecule has 41 heavy (non-hydrogen) atoms. The smallest absolute Gasteiger partial charge is 0.165 e. The minimum absolute atomic E-state index is 0.0704. The van der Waals surface area contributed by atoms with Crippen LogP contribution in [-0.4, -0.2) is 49.0 Å². The van der Waals surface area contributed by atoms with Crippen LogP contribution in [0.15, 0.2) is 72.8 Å². The van der Waals surface area contributed by atoms with Crippen LogP contribution in [0.3, 0.4) is 0 Å². The van der Waals surface area contributed by atoms with Crippen LogP contribution in [0.5, 0.6) is 11.5 Å². The Kier molecular flexibility index (Phi) is 6.23. The summed E-state index contributed by atoms with van der Waals surface area (Å²) >= 11 is 0. The number of ether oxygens (including phenoxy) is 3. The molecule has 4 heteroatoms. The molecule has 1 unspecified atom stereocenters. The molecule has 0 amide bonds. The Morgan fingerprint density at radius 1 is 0.902 bits per heavy atom. The average molecular weight is 551 g/mol. The van der Waals surface area contributed by atoms with Crippen LogP contribution >= 0.6 is 0 Å². The topological polar surface area (TPSA) is 27.7 Å². The quantitative estimate of drug-likeness (QED) is 0.201. The van der Waals surface area contributed by atoms with Gasteiger partial charge >= 0.3 is 0 Å². The van der Waals surface area contributed by atoms with Crippen LogP contribution < -0.4 is 9.47 Å². The van der Waals surface area contributed by atoms with Gasteiger partial charge in [0.1, 0.15) is 24.4 Å². The molecule has 3 aliphatic carbocycles. The second-order valence-corrected chi connectivity index (χ2v) is 13.8. The molecule has 4 nitrogen and oxygen atoms in total. The molecule has 0 aromatic heterocycles. The van der Waals surface area contributed by atoms with Gasteiger partial charge in [0, 0.05) is 30.9 Å². The monoisotopic (exact) mass is 550 g/mol. The molecule has 5 atom stereocenters. The third kappa shape index (κ3) is 4.08. The molecular formula is C37H44NO3+. The summed E-state index contributed by atoms with van der Waals surface area (Å²) in [6, 6.07) is 26.4. The lowest BCUT2D eigenvalue weighted by Crippen LogP contribution is -2.80. The van der Waals surface area contributed by atoms with Gasteiger partial charge in [-0.1, -0.05) is 66.7 Å². The zero-order valence-corrected chi connectivity index (χ0v) is 24.5. The first-order valence-corrected chi connectivity index (χ1v) is 16.1. The molecule has 214 valence electrons. The lowest BCUT2D eigenvalue weighted by Gasteiger charge is -2.66. The number of hydrogen-bond donors (Lipinski definition) is 0. The van der Waals surface area contributed by atoms with E-state index in [2.05, 4.69) is 79.8 Å². The molecule has 2 aliphatic heterocycles. The highest BCUT2D eigenvalue weighted by Gasteiger charge is 2.76. The maximum absolute atomic E-state index is 7.44. The summed E-state index contributed by atoms with van der Waals surface area (Å²) in [6.45, 7) is 3.91. The van der Waals surface area contributed by atoms with Crippen LogP contribution in [0, 0.1) is 5.92 Å². The van der Waals surface area contributed by atoms with Crippen LogP contribution in [0.1, 0.15) is 67.2 Å². The fourth-order valence-corrected chi connectivity index (χ4v) is 9.42. The molecule has 3 aromatic rings. The molecule has 5 aliphatic rings. The van der Waals surface area contributed by atoms with Gasteiger partial charge in [-0.25, -0.2) is 0 Å². The second kappa shape index (κ2) is 9.88. The minimum Gasteiger partial charge on any atom is -0.485 e. The summed E-state index contributed by atoms with van der Waals surface area (Å²) in [7, 11) is 2.56. The van der Waals surface area contributed by atoms with Crippen molar-refractivity contribution >= 4 is 0 Å². The van der Waals surface area contributed by atoms with Gasteiger partial charge in [-0.2, -0.15) is 0 Å². The Hall–Kier alpha value is -2.82. The van der Waals surface area contributed by atoms with E-state index in [4.69, 9.17) is 14.2 Å². The standard InChI is InChI=1S/C37H44NO3/c1-38(25-28-16-17-28)22-21-36-33-15-8-20-37(36,40-23-9-14-27-10-4-2-5-11-27)32(38)24-30-18-19-31(35(41-33)34(30)36)39-26-29-12-6-3-7-13-29/h2-7,10-13,18-19,28,32-33H,8-9,14-17,20-26H2,1H3/q+1/t32-,33+,36-,37-,38?/m1/s1. The van der Waals surface area contributed by atoms with Gasteiger partial charge in [-0.3, -0.25) is 0 Å². The van der Waals surface area contributed by atoms with Crippen molar-refractivity contribution in [3.05, 3.63) is 95.1 Å². The van der Waals surface area contributed by atoms with Gasteiger partial charge in [0.2, 0.25) is 0 Å².